The summed E-state index contributed by atoms with van der Waals surface area (Å²) in [7, 11) is 0. The minimum atomic E-state index is -0.104. The van der Waals surface area contributed by atoms with Gasteiger partial charge in [0.1, 0.15) is 0 Å². The Morgan fingerprint density at radius 2 is 0.833 bits per heavy atom. The number of benzene rings is 9. The maximum absolute atomic E-state index is 2.48. The summed E-state index contributed by atoms with van der Waals surface area (Å²) < 4.78 is 2.69. The van der Waals surface area contributed by atoms with E-state index in [-0.39, 0.29) is 10.8 Å². The lowest BCUT2D eigenvalue weighted by Crippen LogP contribution is -2.16. The molecule has 0 spiro atoms. The predicted molar refractivity (Wildman–Crippen MR) is 258 cm³/mol. The maximum atomic E-state index is 2.48. The molecule has 0 fully saturated rings. The van der Waals surface area contributed by atoms with E-state index in [2.05, 4.69) is 221 Å². The van der Waals surface area contributed by atoms with Gasteiger partial charge in [0.25, 0.3) is 0 Å². The molecule has 12 rings (SSSR count). The second kappa shape index (κ2) is 12.9. The van der Waals surface area contributed by atoms with Crippen LogP contribution >= 0.6 is 11.3 Å². The van der Waals surface area contributed by atoms with E-state index in [1.165, 1.54) is 103 Å². The molecule has 1 heterocycles. The summed E-state index contributed by atoms with van der Waals surface area (Å²) in [5.74, 6) is 0. The topological polar surface area (TPSA) is 3.24 Å². The highest BCUT2D eigenvalue weighted by atomic mass is 32.1. The molecule has 1 aromatic heterocycles. The van der Waals surface area contributed by atoms with Gasteiger partial charge in [-0.05, 0) is 102 Å². The van der Waals surface area contributed by atoms with Crippen LogP contribution in [0.25, 0.3) is 75.5 Å². The average molecular weight is 786 g/mol. The number of anilines is 3. The zero-order chi connectivity index (χ0) is 40.3. The number of thiophene rings is 1. The van der Waals surface area contributed by atoms with Crippen molar-refractivity contribution in [2.24, 2.45) is 0 Å². The minimum Gasteiger partial charge on any atom is -0.310 e. The van der Waals surface area contributed by atoms with Gasteiger partial charge in [-0.3, -0.25) is 0 Å². The average Bonchev–Trinajstić information content (AvgIpc) is 3.88. The van der Waals surface area contributed by atoms with Gasteiger partial charge in [0.15, 0.2) is 0 Å². The maximum Gasteiger partial charge on any atom is 0.0543 e. The van der Waals surface area contributed by atoms with Crippen LogP contribution in [-0.4, -0.2) is 0 Å². The lowest BCUT2D eigenvalue weighted by molar-refractivity contribution is 0.660. The molecular formula is C58H43NS. The summed E-state index contributed by atoms with van der Waals surface area (Å²) in [6, 6.07) is 70.3. The Labute approximate surface area is 355 Å². The molecule has 1 nitrogen and oxygen atoms in total. The van der Waals surface area contributed by atoms with Crippen LogP contribution in [0.5, 0.6) is 0 Å². The number of rotatable bonds is 5. The van der Waals surface area contributed by atoms with E-state index in [4.69, 9.17) is 0 Å². The molecule has 0 bridgehead atoms. The lowest BCUT2D eigenvalue weighted by Gasteiger charge is -2.29. The van der Waals surface area contributed by atoms with Gasteiger partial charge < -0.3 is 4.90 Å². The lowest BCUT2D eigenvalue weighted by atomic mass is 9.82. The van der Waals surface area contributed by atoms with E-state index in [0.717, 1.165) is 11.4 Å². The molecule has 0 amide bonds. The highest BCUT2D eigenvalue weighted by Gasteiger charge is 2.38. The molecule has 286 valence electrons. The first-order chi connectivity index (χ1) is 29.3. The third kappa shape index (κ3) is 4.98. The molecule has 9 aromatic carbocycles. The van der Waals surface area contributed by atoms with E-state index in [0.29, 0.717) is 0 Å². The Bertz CT molecular complexity index is 3360. The van der Waals surface area contributed by atoms with Crippen LogP contribution in [-0.2, 0) is 10.8 Å². The van der Waals surface area contributed by atoms with Crippen LogP contribution in [0.15, 0.2) is 188 Å². The van der Waals surface area contributed by atoms with Gasteiger partial charge in [-0.25, -0.2) is 0 Å². The molecule has 2 heteroatoms. The Hall–Kier alpha value is -6.74. The molecule has 0 saturated carbocycles. The highest BCUT2D eigenvalue weighted by Crippen LogP contribution is 2.55. The quantitative estimate of drug-likeness (QED) is 0.168. The third-order valence-electron chi connectivity index (χ3n) is 13.7. The van der Waals surface area contributed by atoms with Crippen LogP contribution in [0.3, 0.4) is 0 Å². The summed E-state index contributed by atoms with van der Waals surface area (Å²) in [6.07, 6.45) is 0. The van der Waals surface area contributed by atoms with Crippen LogP contribution in [0.2, 0.25) is 0 Å². The van der Waals surface area contributed by atoms with Crippen molar-refractivity contribution in [2.75, 3.05) is 4.90 Å². The minimum absolute atomic E-state index is 0.0422. The van der Waals surface area contributed by atoms with Crippen molar-refractivity contribution in [3.8, 4) is 44.5 Å². The van der Waals surface area contributed by atoms with Crippen molar-refractivity contribution in [3.05, 3.63) is 210 Å². The largest absolute Gasteiger partial charge is 0.310 e. The molecule has 0 radical (unpaired) electrons. The fourth-order valence-corrected chi connectivity index (χ4v) is 12.0. The SMILES string of the molecule is CC1(C)c2ccccc2-c2c(-c3ccc(N(c4ccc(-c5cccc6c5sc5c7ccccc7ccc65)cc4)c4cccc5c4-c4ccccc4C5(C)C)cc3)cccc21. The Balaban J connectivity index is 1.01. The van der Waals surface area contributed by atoms with Gasteiger partial charge >= 0.3 is 0 Å². The number of fused-ring (bicyclic) bond motifs is 11. The fourth-order valence-electron chi connectivity index (χ4n) is 10.7. The van der Waals surface area contributed by atoms with Crippen molar-refractivity contribution >= 4 is 59.3 Å². The fraction of sp³-hybridized carbons (Fsp3) is 0.103. The van der Waals surface area contributed by atoms with Crippen LogP contribution < -0.4 is 4.90 Å². The predicted octanol–water partition coefficient (Wildman–Crippen LogP) is 16.6. The standard InChI is InChI=1S/C58H43NS/c1-57(2)48-21-9-7-16-46(48)53-41(18-12-23-50(53)57)37-26-31-39(32-27-37)59(52-25-13-24-51-54(52)47-17-8-10-22-49(47)58(51,3)4)40-33-28-38(29-34-40)43-19-11-20-44-45-35-30-36-14-5-6-15-42(36)56(45)60-55(43)44/h5-35H,1-4H3. The summed E-state index contributed by atoms with van der Waals surface area (Å²) >= 11 is 1.92. The van der Waals surface area contributed by atoms with Gasteiger partial charge in [-0.1, -0.05) is 185 Å². The summed E-state index contributed by atoms with van der Waals surface area (Å²) in [5, 5.41) is 5.26. The summed E-state index contributed by atoms with van der Waals surface area (Å²) in [4.78, 5) is 2.48. The first-order valence-electron chi connectivity index (χ1n) is 21.1. The smallest absolute Gasteiger partial charge is 0.0543 e. The van der Waals surface area contributed by atoms with Crippen molar-refractivity contribution < 1.29 is 0 Å². The zero-order valence-corrected chi connectivity index (χ0v) is 35.1. The Morgan fingerprint density at radius 3 is 1.53 bits per heavy atom. The van der Waals surface area contributed by atoms with Gasteiger partial charge in [0.05, 0.1) is 5.69 Å². The van der Waals surface area contributed by atoms with Crippen LogP contribution in [0, 0.1) is 0 Å². The van der Waals surface area contributed by atoms with Crippen molar-refractivity contribution in [1.82, 2.24) is 0 Å². The van der Waals surface area contributed by atoms with Crippen LogP contribution in [0.4, 0.5) is 17.1 Å². The monoisotopic (exact) mass is 785 g/mol. The van der Waals surface area contributed by atoms with E-state index < -0.39 is 0 Å². The molecule has 2 aliphatic rings. The van der Waals surface area contributed by atoms with Gasteiger partial charge in [-0.15, -0.1) is 11.3 Å². The normalized spacial score (nSPS) is 14.3. The molecule has 0 unspecified atom stereocenters. The van der Waals surface area contributed by atoms with Gasteiger partial charge in [0, 0.05) is 47.9 Å². The molecule has 0 atom stereocenters. The molecule has 60 heavy (non-hydrogen) atoms. The van der Waals surface area contributed by atoms with Crippen molar-refractivity contribution in [1.29, 1.82) is 0 Å². The molecule has 0 saturated heterocycles. The molecule has 0 N–H and O–H groups in total. The Kier molecular flexibility index (Phi) is 7.56. The summed E-state index contributed by atoms with van der Waals surface area (Å²) in [6.45, 7) is 9.45. The van der Waals surface area contributed by atoms with E-state index >= 15 is 0 Å². The number of nitrogens with zero attached hydrogens (tertiary/aromatic N) is 1. The van der Waals surface area contributed by atoms with Crippen molar-refractivity contribution in [3.63, 3.8) is 0 Å². The van der Waals surface area contributed by atoms with Gasteiger partial charge in [0.2, 0.25) is 0 Å². The summed E-state index contributed by atoms with van der Waals surface area (Å²) in [5.41, 5.74) is 19.2. The Morgan fingerprint density at radius 1 is 0.350 bits per heavy atom. The zero-order valence-electron chi connectivity index (χ0n) is 34.3. The molecule has 2 aliphatic carbocycles. The van der Waals surface area contributed by atoms with E-state index in [9.17, 15) is 0 Å². The first-order valence-corrected chi connectivity index (χ1v) is 21.9. The van der Waals surface area contributed by atoms with E-state index in [1.54, 1.807) is 0 Å². The first kappa shape index (κ1) is 35.2. The second-order valence-corrected chi connectivity index (χ2v) is 18.7. The molecular weight excluding hydrogens is 743 g/mol. The van der Waals surface area contributed by atoms with Crippen LogP contribution in [0.1, 0.15) is 49.9 Å². The van der Waals surface area contributed by atoms with Crippen molar-refractivity contribution in [2.45, 2.75) is 38.5 Å². The van der Waals surface area contributed by atoms with E-state index in [1.807, 2.05) is 11.3 Å². The number of hydrogen-bond donors (Lipinski definition) is 0. The second-order valence-electron chi connectivity index (χ2n) is 17.6. The van der Waals surface area contributed by atoms with Gasteiger partial charge in [-0.2, -0.15) is 0 Å². The molecule has 10 aromatic rings. The molecule has 0 aliphatic heterocycles. The highest BCUT2D eigenvalue weighted by molar-refractivity contribution is 7.27. The third-order valence-corrected chi connectivity index (χ3v) is 15.0. The number of hydrogen-bond acceptors (Lipinski definition) is 2.